The molecule has 0 aromatic carbocycles. The van der Waals surface area contributed by atoms with Crippen molar-refractivity contribution in [2.75, 3.05) is 29.7 Å². The number of hydrogen-bond donors (Lipinski definition) is 4. The Labute approximate surface area is 198 Å². The van der Waals surface area contributed by atoms with Crippen LogP contribution in [0.25, 0.3) is 0 Å². The Balaban J connectivity index is 1.49. The van der Waals surface area contributed by atoms with E-state index >= 15 is 0 Å². The predicted molar refractivity (Wildman–Crippen MR) is 123 cm³/mol. The van der Waals surface area contributed by atoms with Crippen molar-refractivity contribution in [1.82, 2.24) is 9.97 Å². The summed E-state index contributed by atoms with van der Waals surface area (Å²) in [6, 6.07) is 0. The number of methoxy groups -OCH3 is 1. The molecule has 0 radical (unpaired) electrons. The fraction of sp³-hybridized carbons (Fsp3) is 0.529. The number of nitrogens with two attached hydrogens (primary N) is 1. The molecule has 0 amide bonds. The maximum absolute atomic E-state index is 9.93. The van der Waals surface area contributed by atoms with Gasteiger partial charge in [0.1, 0.15) is 0 Å². The van der Waals surface area contributed by atoms with E-state index in [0.717, 1.165) is 4.91 Å². The van der Waals surface area contributed by atoms with Gasteiger partial charge in [-0.2, -0.15) is 0 Å². The van der Waals surface area contributed by atoms with Crippen LogP contribution in [0.2, 0.25) is 0 Å². The molecular formula is C17H22Cl2N5O6PS. The van der Waals surface area contributed by atoms with Crippen molar-refractivity contribution in [3.05, 3.63) is 28.4 Å². The first-order valence-corrected chi connectivity index (χ1v) is 13.2. The van der Waals surface area contributed by atoms with E-state index in [0.29, 0.717) is 23.0 Å². The standard InChI is InChI=1S/C17H22Cl2N5O6PS/c1-27-13-12-9(5-28-31(25,26)30-12)29-16(13)24-15-11(14(20)21-6-22-15)23-17(24)32-10-3-2-7(18)4-8(10)19/h2-3,6-7,9,12-13,16-17,23,25-26,31H,4-5H2,1H3,(H2,20,21,22)/t7?,9-,12-,13?,16?,17?/m1/s1. The van der Waals surface area contributed by atoms with Gasteiger partial charge in [-0.3, -0.25) is 0 Å². The van der Waals surface area contributed by atoms with Crippen LogP contribution in [-0.2, 0) is 18.5 Å². The van der Waals surface area contributed by atoms with Crippen LogP contribution in [0.4, 0.5) is 17.3 Å². The average molecular weight is 526 g/mol. The van der Waals surface area contributed by atoms with Crippen LogP contribution in [0.3, 0.4) is 0 Å². The number of nitrogens with zero attached hydrogens (tertiary/aromatic N) is 3. The number of hydrogen-bond acceptors (Lipinski definition) is 12. The second-order valence-electron chi connectivity index (χ2n) is 7.54. The van der Waals surface area contributed by atoms with Crippen LogP contribution < -0.4 is 16.0 Å². The molecule has 4 heterocycles. The number of rotatable bonds is 4. The third-order valence-corrected chi connectivity index (χ3v) is 8.61. The molecule has 1 aromatic rings. The van der Waals surface area contributed by atoms with Gasteiger partial charge in [0.2, 0.25) is 0 Å². The van der Waals surface area contributed by atoms with Crippen LogP contribution in [0.5, 0.6) is 0 Å². The number of thioether (sulfide) groups is 1. The van der Waals surface area contributed by atoms with Crippen molar-refractivity contribution >= 4 is 60.5 Å². The van der Waals surface area contributed by atoms with Crippen LogP contribution in [-0.4, -0.2) is 68.9 Å². The molecule has 0 saturated carbocycles. The summed E-state index contributed by atoms with van der Waals surface area (Å²) >= 11 is 14.1. The van der Waals surface area contributed by atoms with Gasteiger partial charge in [-0.05, 0) is 0 Å². The Morgan fingerprint density at radius 3 is 2.97 bits per heavy atom. The van der Waals surface area contributed by atoms with Crippen LogP contribution in [0, 0.1) is 0 Å². The predicted octanol–water partition coefficient (Wildman–Crippen LogP) is 1.88. The summed E-state index contributed by atoms with van der Waals surface area (Å²) in [7, 11) is -2.74. The molecule has 2 saturated heterocycles. The number of fused-ring (bicyclic) bond motifs is 2. The van der Waals surface area contributed by atoms with E-state index in [1.54, 1.807) is 0 Å². The molecule has 5 N–H and O–H groups in total. The monoisotopic (exact) mass is 525 g/mol. The summed E-state index contributed by atoms with van der Waals surface area (Å²) in [4.78, 5) is 31.0. The van der Waals surface area contributed by atoms with E-state index < -0.39 is 38.2 Å². The zero-order valence-electron chi connectivity index (χ0n) is 16.7. The first-order valence-electron chi connectivity index (χ1n) is 9.75. The van der Waals surface area contributed by atoms with Crippen LogP contribution >= 0.6 is 43.1 Å². The Bertz CT molecular complexity index is 973. The fourth-order valence-corrected chi connectivity index (χ4v) is 6.95. The summed E-state index contributed by atoms with van der Waals surface area (Å²) in [6.07, 6.45) is 2.99. The molecule has 0 bridgehead atoms. The minimum atomic E-state index is -4.24. The molecule has 4 aliphatic rings. The number of nitrogen functional groups attached to an aromatic ring is 1. The van der Waals surface area contributed by atoms with Crippen molar-refractivity contribution in [2.45, 2.75) is 41.8 Å². The third-order valence-electron chi connectivity index (χ3n) is 5.52. The van der Waals surface area contributed by atoms with E-state index in [9.17, 15) is 9.79 Å². The molecule has 5 rings (SSSR count). The van der Waals surface area contributed by atoms with Gasteiger partial charge in [-0.15, -0.1) is 0 Å². The number of aromatic nitrogens is 2. The van der Waals surface area contributed by atoms with E-state index in [1.165, 1.54) is 25.2 Å². The quantitative estimate of drug-likeness (QED) is 0.336. The van der Waals surface area contributed by atoms with Gasteiger partial charge in [0, 0.05) is 0 Å². The van der Waals surface area contributed by atoms with E-state index in [-0.39, 0.29) is 17.8 Å². The molecule has 176 valence electrons. The van der Waals surface area contributed by atoms with Crippen molar-refractivity contribution in [3.63, 3.8) is 0 Å². The number of nitrogens with one attached hydrogen (secondary N) is 1. The molecule has 15 heteroatoms. The number of allylic oxidation sites excluding steroid dienone is 3. The Kier molecular flexibility index (Phi) is 6.21. The molecule has 11 nitrogen and oxygen atoms in total. The van der Waals surface area contributed by atoms with Crippen molar-refractivity contribution in [1.29, 1.82) is 0 Å². The van der Waals surface area contributed by atoms with E-state index in [4.69, 9.17) is 47.5 Å². The third kappa shape index (κ3) is 4.07. The summed E-state index contributed by atoms with van der Waals surface area (Å²) in [5.41, 5.74) is 6.22. The van der Waals surface area contributed by atoms with E-state index in [2.05, 4.69) is 15.3 Å². The first-order chi connectivity index (χ1) is 15.3. The zero-order valence-corrected chi connectivity index (χ0v) is 20.0. The molecule has 1 aromatic heterocycles. The molecular weight excluding hydrogens is 504 g/mol. The first kappa shape index (κ1) is 22.9. The topological polar surface area (TPSA) is 144 Å². The summed E-state index contributed by atoms with van der Waals surface area (Å²) in [5.74, 6) is 0.800. The second-order valence-corrected chi connectivity index (χ2v) is 11.3. The van der Waals surface area contributed by atoms with Gasteiger partial charge in [0.15, 0.2) is 0 Å². The number of halogens is 2. The van der Waals surface area contributed by atoms with Crippen molar-refractivity contribution in [3.8, 4) is 0 Å². The van der Waals surface area contributed by atoms with Crippen LogP contribution in [0.1, 0.15) is 6.42 Å². The molecule has 0 spiro atoms. The number of alkyl halides is 1. The summed E-state index contributed by atoms with van der Waals surface area (Å²) in [5, 5.41) is 3.82. The summed E-state index contributed by atoms with van der Waals surface area (Å²) in [6.45, 7) is -0.0328. The van der Waals surface area contributed by atoms with Crippen LogP contribution in [0.15, 0.2) is 28.4 Å². The molecule has 6 atom stereocenters. The normalized spacial score (nSPS) is 36.6. The van der Waals surface area contributed by atoms with Gasteiger partial charge in [-0.25, -0.2) is 0 Å². The SMILES string of the molecule is COC1C(N2c3ncnc(N)c3NC2SC2=C(Cl)CC(Cl)C=C2)O[C@@H]2CO[PH](O)(O)O[C@@H]12. The number of ether oxygens (including phenoxy) is 2. The zero-order chi connectivity index (χ0) is 22.6. The maximum atomic E-state index is 9.93. The molecule has 32 heavy (non-hydrogen) atoms. The fourth-order valence-electron chi connectivity index (χ4n) is 4.07. The Hall–Kier alpha value is -0.920. The Morgan fingerprint density at radius 1 is 1.41 bits per heavy atom. The average Bonchev–Trinajstić information content (AvgIpc) is 3.27. The van der Waals surface area contributed by atoms with Gasteiger partial charge < -0.3 is 0 Å². The molecule has 4 unspecified atom stereocenters. The van der Waals surface area contributed by atoms with Gasteiger partial charge in [-0.1, -0.05) is 0 Å². The van der Waals surface area contributed by atoms with Gasteiger partial charge >= 0.3 is 199 Å². The van der Waals surface area contributed by atoms with Gasteiger partial charge in [0.25, 0.3) is 0 Å². The second kappa shape index (κ2) is 8.70. The van der Waals surface area contributed by atoms with Crippen molar-refractivity contribution < 1.29 is 28.3 Å². The molecule has 1 aliphatic carbocycles. The number of anilines is 3. The minimum absolute atomic E-state index is 0.0328. The molecule has 2 fully saturated rings. The van der Waals surface area contributed by atoms with E-state index in [1.807, 2.05) is 17.1 Å². The van der Waals surface area contributed by atoms with Gasteiger partial charge in [0.05, 0.1) is 0 Å². The Morgan fingerprint density at radius 2 is 2.22 bits per heavy atom. The summed E-state index contributed by atoms with van der Waals surface area (Å²) < 4.78 is 22.4. The van der Waals surface area contributed by atoms with Crippen molar-refractivity contribution in [2.24, 2.45) is 0 Å². The molecule has 3 aliphatic heterocycles.